The van der Waals surface area contributed by atoms with Gasteiger partial charge in [0.25, 0.3) is 0 Å². The van der Waals surface area contributed by atoms with Crippen LogP contribution in [0.4, 0.5) is 0 Å². The van der Waals surface area contributed by atoms with E-state index in [-0.39, 0.29) is 11.5 Å². The fourth-order valence-corrected chi connectivity index (χ4v) is 4.87. The Labute approximate surface area is 177 Å². The minimum atomic E-state index is -0.176. The second-order valence-corrected chi connectivity index (χ2v) is 8.46. The summed E-state index contributed by atoms with van der Waals surface area (Å²) in [6, 6.07) is 4.44. The molecule has 0 amide bonds. The summed E-state index contributed by atoms with van der Waals surface area (Å²) in [6.45, 7) is 8.58. The van der Waals surface area contributed by atoms with Gasteiger partial charge in [-0.2, -0.15) is 4.98 Å². The highest BCUT2D eigenvalue weighted by molar-refractivity contribution is 7.10. The Morgan fingerprint density at radius 3 is 2.83 bits per heavy atom. The molecule has 1 saturated carbocycles. The predicted molar refractivity (Wildman–Crippen MR) is 116 cm³/mol. The second kappa shape index (κ2) is 10.7. The normalized spacial score (nSPS) is 17.8. The van der Waals surface area contributed by atoms with Crippen LogP contribution < -0.4 is 10.6 Å². The van der Waals surface area contributed by atoms with Crippen molar-refractivity contribution in [2.45, 2.75) is 70.9 Å². The van der Waals surface area contributed by atoms with Crippen molar-refractivity contribution < 1.29 is 9.26 Å². The zero-order valence-electron chi connectivity index (χ0n) is 17.7. The fraction of sp³-hybridized carbons (Fsp3) is 0.667. The van der Waals surface area contributed by atoms with Crippen LogP contribution in [0.3, 0.4) is 0 Å². The van der Waals surface area contributed by atoms with Gasteiger partial charge in [-0.05, 0) is 45.1 Å². The zero-order chi connectivity index (χ0) is 20.5. The maximum Gasteiger partial charge on any atom is 0.248 e. The number of nitrogens with zero attached hydrogens (tertiary/aromatic N) is 3. The van der Waals surface area contributed by atoms with Crippen LogP contribution in [0.25, 0.3) is 0 Å². The molecule has 0 bridgehead atoms. The molecule has 7 nitrogen and oxygen atoms in total. The van der Waals surface area contributed by atoms with E-state index in [0.29, 0.717) is 24.9 Å². The van der Waals surface area contributed by atoms with E-state index in [1.54, 1.807) is 0 Å². The quantitative estimate of drug-likeness (QED) is 0.468. The topological polar surface area (TPSA) is 84.6 Å². The summed E-state index contributed by atoms with van der Waals surface area (Å²) in [6.07, 6.45) is 6.18. The number of guanidine groups is 1. The van der Waals surface area contributed by atoms with Gasteiger partial charge in [0.05, 0.1) is 0 Å². The van der Waals surface area contributed by atoms with Crippen LogP contribution in [-0.4, -0.2) is 35.8 Å². The number of aliphatic imine (C=N–C) groups is 1. The van der Waals surface area contributed by atoms with E-state index >= 15 is 0 Å². The first-order valence-corrected chi connectivity index (χ1v) is 11.5. The van der Waals surface area contributed by atoms with Crippen molar-refractivity contribution in [1.29, 1.82) is 0 Å². The van der Waals surface area contributed by atoms with E-state index in [4.69, 9.17) is 9.26 Å². The number of thiophene rings is 1. The lowest BCUT2D eigenvalue weighted by molar-refractivity contribution is 0.0683. The van der Waals surface area contributed by atoms with Crippen LogP contribution in [0, 0.1) is 0 Å². The number of ether oxygens (including phenoxy) is 1. The van der Waals surface area contributed by atoms with Crippen molar-refractivity contribution in [3.63, 3.8) is 0 Å². The Kier molecular flexibility index (Phi) is 8.06. The van der Waals surface area contributed by atoms with Gasteiger partial charge in [-0.1, -0.05) is 30.5 Å². The second-order valence-electron chi connectivity index (χ2n) is 7.51. The largest absolute Gasteiger partial charge is 0.371 e. The van der Waals surface area contributed by atoms with Crippen molar-refractivity contribution in [2.24, 2.45) is 4.99 Å². The zero-order valence-corrected chi connectivity index (χ0v) is 18.6. The third kappa shape index (κ3) is 5.79. The molecule has 1 atom stereocenters. The molecule has 8 heteroatoms. The van der Waals surface area contributed by atoms with Gasteiger partial charge in [-0.15, -0.1) is 11.3 Å². The summed E-state index contributed by atoms with van der Waals surface area (Å²) in [4.78, 5) is 10.5. The Morgan fingerprint density at radius 1 is 1.31 bits per heavy atom. The van der Waals surface area contributed by atoms with Gasteiger partial charge in [-0.3, -0.25) is 0 Å². The van der Waals surface area contributed by atoms with Crippen molar-refractivity contribution in [3.05, 3.63) is 34.1 Å². The lowest BCUT2D eigenvalue weighted by Crippen LogP contribution is -2.46. The minimum absolute atomic E-state index is 0.176. The average molecular weight is 420 g/mol. The van der Waals surface area contributed by atoms with Crippen LogP contribution in [-0.2, 0) is 16.7 Å². The van der Waals surface area contributed by atoms with Crippen LogP contribution >= 0.6 is 11.3 Å². The SMILES string of the molecule is CCNC(=NCc1nc(C(C)OCC)no1)NCC1(c2cccs2)CCCCC1. The molecule has 160 valence electrons. The Hall–Kier alpha value is -1.93. The third-order valence-electron chi connectivity index (χ3n) is 5.43. The fourth-order valence-electron chi connectivity index (χ4n) is 3.88. The summed E-state index contributed by atoms with van der Waals surface area (Å²) in [7, 11) is 0. The molecule has 1 unspecified atom stereocenters. The van der Waals surface area contributed by atoms with E-state index in [9.17, 15) is 0 Å². The highest BCUT2D eigenvalue weighted by Gasteiger charge is 2.34. The number of rotatable bonds is 9. The molecule has 2 N–H and O–H groups in total. The average Bonchev–Trinajstić information content (AvgIpc) is 3.43. The van der Waals surface area contributed by atoms with Gasteiger partial charge in [0.15, 0.2) is 11.8 Å². The maximum atomic E-state index is 5.51. The Bertz CT molecular complexity index is 753. The van der Waals surface area contributed by atoms with E-state index in [1.807, 2.05) is 25.2 Å². The lowest BCUT2D eigenvalue weighted by Gasteiger charge is -2.37. The molecule has 0 aromatic carbocycles. The predicted octanol–water partition coefficient (Wildman–Crippen LogP) is 4.19. The van der Waals surface area contributed by atoms with Gasteiger partial charge in [0.1, 0.15) is 12.6 Å². The molecule has 2 heterocycles. The van der Waals surface area contributed by atoms with Crippen LogP contribution in [0.15, 0.2) is 27.0 Å². The molecule has 2 aromatic heterocycles. The molecule has 1 fully saturated rings. The summed E-state index contributed by atoms with van der Waals surface area (Å²) in [5, 5.41) is 13.1. The molecular formula is C21H33N5O2S. The minimum Gasteiger partial charge on any atom is -0.371 e. The van der Waals surface area contributed by atoms with Crippen molar-refractivity contribution >= 4 is 17.3 Å². The molecule has 1 aliphatic rings. The highest BCUT2D eigenvalue weighted by Crippen LogP contribution is 2.41. The molecule has 0 radical (unpaired) electrons. The highest BCUT2D eigenvalue weighted by atomic mass is 32.1. The molecule has 2 aromatic rings. The molecule has 3 rings (SSSR count). The molecular weight excluding hydrogens is 386 g/mol. The number of aromatic nitrogens is 2. The van der Waals surface area contributed by atoms with Gasteiger partial charge >= 0.3 is 0 Å². The van der Waals surface area contributed by atoms with Crippen LogP contribution in [0.5, 0.6) is 0 Å². The molecule has 0 aliphatic heterocycles. The van der Waals surface area contributed by atoms with E-state index < -0.39 is 0 Å². The smallest absolute Gasteiger partial charge is 0.248 e. The number of nitrogens with one attached hydrogen (secondary N) is 2. The van der Waals surface area contributed by atoms with Gasteiger partial charge in [-0.25, -0.2) is 4.99 Å². The standard InChI is InChI=1S/C21H33N5O2S/c1-4-22-20(23-14-18-25-19(26-28-18)16(3)27-5-2)24-15-21(11-7-6-8-12-21)17-10-9-13-29-17/h9-10,13,16H,4-8,11-12,14-15H2,1-3H3,(H2,22,23,24). The Balaban J connectivity index is 1.64. The maximum absolute atomic E-state index is 5.51. The summed E-state index contributed by atoms with van der Waals surface area (Å²) in [5.74, 6) is 1.84. The van der Waals surface area contributed by atoms with Crippen LogP contribution in [0.1, 0.15) is 75.6 Å². The first-order chi connectivity index (χ1) is 14.2. The Morgan fingerprint density at radius 2 is 2.14 bits per heavy atom. The molecule has 1 aliphatic carbocycles. The van der Waals surface area contributed by atoms with Gasteiger partial charge < -0.3 is 19.9 Å². The van der Waals surface area contributed by atoms with Crippen LogP contribution in [0.2, 0.25) is 0 Å². The van der Waals surface area contributed by atoms with Crippen molar-refractivity contribution in [3.8, 4) is 0 Å². The van der Waals surface area contributed by atoms with Gasteiger partial charge in [0.2, 0.25) is 5.89 Å². The van der Waals surface area contributed by atoms with E-state index in [1.165, 1.54) is 37.0 Å². The van der Waals surface area contributed by atoms with E-state index in [0.717, 1.165) is 19.0 Å². The molecule has 29 heavy (non-hydrogen) atoms. The summed E-state index contributed by atoms with van der Waals surface area (Å²) < 4.78 is 10.8. The van der Waals surface area contributed by atoms with Crippen molar-refractivity contribution in [2.75, 3.05) is 19.7 Å². The number of hydrogen-bond donors (Lipinski definition) is 2. The third-order valence-corrected chi connectivity index (χ3v) is 6.55. The molecule has 0 spiro atoms. The molecule has 0 saturated heterocycles. The monoisotopic (exact) mass is 419 g/mol. The number of hydrogen-bond acceptors (Lipinski definition) is 6. The summed E-state index contributed by atoms with van der Waals surface area (Å²) in [5.41, 5.74) is 0.202. The van der Waals surface area contributed by atoms with E-state index in [2.05, 4.69) is 50.2 Å². The first-order valence-electron chi connectivity index (χ1n) is 10.7. The van der Waals surface area contributed by atoms with Gasteiger partial charge in [0, 0.05) is 30.0 Å². The summed E-state index contributed by atoms with van der Waals surface area (Å²) >= 11 is 1.87. The lowest BCUT2D eigenvalue weighted by atomic mass is 9.73. The van der Waals surface area contributed by atoms with Crippen molar-refractivity contribution in [1.82, 2.24) is 20.8 Å². The first kappa shape index (κ1) is 21.8.